The minimum absolute atomic E-state index is 0.0906. The second-order valence-corrected chi connectivity index (χ2v) is 9.00. The molecule has 1 N–H and O–H groups in total. The number of hydrogen-bond acceptors (Lipinski definition) is 2. The number of unbranched alkanes of at least 4 members (excludes halogenated alkanes) is 9. The number of nitrogens with zero attached hydrogens (tertiary/aromatic N) is 1. The van der Waals surface area contributed by atoms with Gasteiger partial charge in [0.15, 0.2) is 0 Å². The van der Waals surface area contributed by atoms with Gasteiger partial charge in [-0.1, -0.05) is 58.3 Å². The van der Waals surface area contributed by atoms with Crippen LogP contribution in [0.4, 0.5) is 0 Å². The minimum Gasteiger partial charge on any atom is -0.779 e. The largest absolute Gasteiger partial charge is 0.779 e. The van der Waals surface area contributed by atoms with Crippen LogP contribution >= 0.6 is 7.60 Å². The number of hydrogen-bond donors (Lipinski definition) is 1. The molecule has 1 atom stereocenters. The zero-order chi connectivity index (χ0) is 16.9. The van der Waals surface area contributed by atoms with Crippen molar-refractivity contribution in [1.82, 2.24) is 0 Å². The Kier molecular flexibility index (Phi) is 12.6. The van der Waals surface area contributed by atoms with Gasteiger partial charge in [-0.2, -0.15) is 0 Å². The Morgan fingerprint density at radius 3 is 1.68 bits per heavy atom. The molecule has 0 heterocycles. The summed E-state index contributed by atoms with van der Waals surface area (Å²) in [7, 11) is 0.213. The average molecular weight is 335 g/mol. The van der Waals surface area contributed by atoms with E-state index in [2.05, 4.69) is 21.0 Å². The molecule has 0 saturated carbocycles. The molecule has 22 heavy (non-hydrogen) atoms. The van der Waals surface area contributed by atoms with Gasteiger partial charge in [-0.05, 0) is 12.8 Å². The first-order valence-corrected chi connectivity index (χ1v) is 10.9. The van der Waals surface area contributed by atoms with Gasteiger partial charge >= 0.3 is 0 Å². The van der Waals surface area contributed by atoms with Crippen molar-refractivity contribution in [3.05, 3.63) is 0 Å². The maximum absolute atomic E-state index is 10.7. The van der Waals surface area contributed by atoms with Crippen LogP contribution in [0.5, 0.6) is 0 Å². The van der Waals surface area contributed by atoms with Crippen molar-refractivity contribution in [3.8, 4) is 0 Å². The molecule has 0 radical (unpaired) electrons. The van der Waals surface area contributed by atoms with Crippen LogP contribution in [0.2, 0.25) is 0 Å². The first-order valence-electron chi connectivity index (χ1n) is 9.12. The zero-order valence-electron chi connectivity index (χ0n) is 15.1. The van der Waals surface area contributed by atoms with Gasteiger partial charge in [0.1, 0.15) is 7.60 Å². The zero-order valence-corrected chi connectivity index (χ0v) is 16.0. The topological polar surface area (TPSA) is 60.4 Å². The third-order valence-corrected chi connectivity index (χ3v) is 5.20. The van der Waals surface area contributed by atoms with Gasteiger partial charge in [-0.3, -0.25) is 0 Å². The lowest BCUT2D eigenvalue weighted by Gasteiger charge is -2.30. The summed E-state index contributed by atoms with van der Waals surface area (Å²) in [5.74, 6) is 0. The van der Waals surface area contributed by atoms with E-state index in [4.69, 9.17) is 4.89 Å². The first kappa shape index (κ1) is 22.1. The van der Waals surface area contributed by atoms with Crippen molar-refractivity contribution < 1.29 is 18.8 Å². The third-order valence-electron chi connectivity index (χ3n) is 4.32. The predicted molar refractivity (Wildman–Crippen MR) is 93.0 cm³/mol. The molecule has 0 bridgehead atoms. The Hall–Kier alpha value is 0.110. The van der Waals surface area contributed by atoms with E-state index in [1.165, 1.54) is 64.2 Å². The van der Waals surface area contributed by atoms with Crippen molar-refractivity contribution >= 4 is 7.60 Å². The fourth-order valence-corrected chi connectivity index (χ4v) is 3.38. The van der Waals surface area contributed by atoms with Gasteiger partial charge in [0.2, 0.25) is 0 Å². The fourth-order valence-electron chi connectivity index (χ4n) is 2.84. The molecule has 4 nitrogen and oxygen atoms in total. The average Bonchev–Trinajstić information content (AvgIpc) is 2.39. The van der Waals surface area contributed by atoms with Crippen LogP contribution in [-0.2, 0) is 4.57 Å². The van der Waals surface area contributed by atoms with Crippen LogP contribution in [0, 0.1) is 0 Å². The van der Waals surface area contributed by atoms with Crippen LogP contribution in [-0.4, -0.2) is 42.7 Å². The van der Waals surface area contributed by atoms with Gasteiger partial charge < -0.3 is 18.8 Å². The quantitative estimate of drug-likeness (QED) is 0.280. The van der Waals surface area contributed by atoms with Crippen molar-refractivity contribution in [1.29, 1.82) is 0 Å². The van der Waals surface area contributed by atoms with E-state index in [-0.39, 0.29) is 6.16 Å². The van der Waals surface area contributed by atoms with E-state index in [1.54, 1.807) is 0 Å². The van der Waals surface area contributed by atoms with E-state index < -0.39 is 7.60 Å². The van der Waals surface area contributed by atoms with Crippen molar-refractivity contribution in [2.24, 2.45) is 0 Å². The molecule has 0 saturated heterocycles. The summed E-state index contributed by atoms with van der Waals surface area (Å²) in [5, 5.41) is 0. The number of rotatable bonds is 15. The molecular weight excluding hydrogens is 297 g/mol. The molecule has 0 aromatic carbocycles. The van der Waals surface area contributed by atoms with Crippen LogP contribution in [0.1, 0.15) is 77.6 Å². The summed E-state index contributed by atoms with van der Waals surface area (Å²) in [6.07, 6.45) is 13.9. The van der Waals surface area contributed by atoms with Crippen molar-refractivity contribution in [2.75, 3.05) is 33.3 Å². The Morgan fingerprint density at radius 1 is 0.818 bits per heavy atom. The Balaban J connectivity index is 3.43. The second-order valence-electron chi connectivity index (χ2n) is 7.28. The lowest BCUT2D eigenvalue weighted by molar-refractivity contribution is -0.890. The minimum atomic E-state index is -4.07. The third kappa shape index (κ3) is 16.5. The Bertz CT molecular complexity index is 302. The van der Waals surface area contributed by atoms with Crippen LogP contribution in [0.25, 0.3) is 0 Å². The van der Waals surface area contributed by atoms with Gasteiger partial charge in [-0.25, -0.2) is 0 Å². The standard InChI is InChI=1S/C17H38NO3P/c1-4-5-6-7-8-9-10-11-12-13-15-18(2,3)16-14-17-22(19,20)21/h4-17H2,1-3H3,(H-,19,20,21). The monoisotopic (exact) mass is 335 g/mol. The molecule has 0 aromatic rings. The summed E-state index contributed by atoms with van der Waals surface area (Å²) in [6.45, 7) is 4.15. The lowest BCUT2D eigenvalue weighted by Crippen LogP contribution is -2.41. The van der Waals surface area contributed by atoms with Crippen molar-refractivity contribution in [3.63, 3.8) is 0 Å². The highest BCUT2D eigenvalue weighted by Gasteiger charge is 2.15. The molecule has 0 aliphatic carbocycles. The molecule has 5 heteroatoms. The van der Waals surface area contributed by atoms with Gasteiger partial charge in [-0.15, -0.1) is 0 Å². The van der Waals surface area contributed by atoms with E-state index in [1.807, 2.05) is 0 Å². The van der Waals surface area contributed by atoms with Gasteiger partial charge in [0, 0.05) is 12.6 Å². The molecule has 134 valence electrons. The maximum Gasteiger partial charge on any atom is 0.132 e. The normalized spacial score (nSPS) is 15.0. The fraction of sp³-hybridized carbons (Fsp3) is 1.00. The summed E-state index contributed by atoms with van der Waals surface area (Å²) in [5.41, 5.74) is 0. The Morgan fingerprint density at radius 2 is 1.23 bits per heavy atom. The summed E-state index contributed by atoms with van der Waals surface area (Å²) in [4.78, 5) is 19.5. The molecule has 0 fully saturated rings. The lowest BCUT2D eigenvalue weighted by atomic mass is 10.1. The molecular formula is C17H38NO3P. The second kappa shape index (κ2) is 12.5. The van der Waals surface area contributed by atoms with Crippen LogP contribution < -0.4 is 4.89 Å². The summed E-state index contributed by atoms with van der Waals surface area (Å²) < 4.78 is 11.6. The molecule has 0 aliphatic heterocycles. The van der Waals surface area contributed by atoms with Crippen LogP contribution in [0.15, 0.2) is 0 Å². The first-order chi connectivity index (χ1) is 10.3. The smallest absolute Gasteiger partial charge is 0.132 e. The Labute approximate surface area is 138 Å². The van der Waals surface area contributed by atoms with Crippen LogP contribution in [0.3, 0.4) is 0 Å². The van der Waals surface area contributed by atoms with E-state index in [0.717, 1.165) is 17.6 Å². The molecule has 0 rings (SSSR count). The van der Waals surface area contributed by atoms with Crippen molar-refractivity contribution in [2.45, 2.75) is 77.6 Å². The highest BCUT2D eigenvalue weighted by Crippen LogP contribution is 2.29. The molecule has 0 aliphatic rings. The molecule has 1 unspecified atom stereocenters. The molecule has 0 spiro atoms. The highest BCUT2D eigenvalue weighted by molar-refractivity contribution is 7.50. The molecule has 0 amide bonds. The highest BCUT2D eigenvalue weighted by atomic mass is 31.2. The molecule has 0 aromatic heterocycles. The van der Waals surface area contributed by atoms with E-state index in [9.17, 15) is 9.46 Å². The summed E-state index contributed by atoms with van der Waals surface area (Å²) >= 11 is 0. The predicted octanol–water partition coefficient (Wildman–Crippen LogP) is 3.92. The van der Waals surface area contributed by atoms with E-state index in [0.29, 0.717) is 6.42 Å². The van der Waals surface area contributed by atoms with Gasteiger partial charge in [0.25, 0.3) is 0 Å². The van der Waals surface area contributed by atoms with E-state index >= 15 is 0 Å². The van der Waals surface area contributed by atoms with Gasteiger partial charge in [0.05, 0.1) is 27.2 Å². The summed E-state index contributed by atoms with van der Waals surface area (Å²) in [6, 6.07) is 0. The number of quaternary nitrogens is 1. The maximum atomic E-state index is 10.7. The SMILES string of the molecule is CCCCCCCCCCCC[N+](C)(C)CCCP(=O)([O-])O.